The van der Waals surface area contributed by atoms with Crippen LogP contribution in [0.25, 0.3) is 11.2 Å². The number of carbonyl (C=O) groups is 3. The second-order valence-corrected chi connectivity index (χ2v) is 13.3. The van der Waals surface area contributed by atoms with Gasteiger partial charge in [-0.05, 0) is 50.8 Å². The Kier molecular flexibility index (Phi) is 9.00. The molecule has 3 aromatic heterocycles. The fourth-order valence-electron chi connectivity index (χ4n) is 7.22. The predicted octanol–water partition coefficient (Wildman–Crippen LogP) is 4.09. The molecule has 1 aliphatic carbocycles. The minimum Gasteiger partial charge on any atom is -0.504 e. The van der Waals surface area contributed by atoms with Gasteiger partial charge in [-0.3, -0.25) is 24.1 Å². The van der Waals surface area contributed by atoms with E-state index in [1.807, 2.05) is 11.8 Å². The van der Waals surface area contributed by atoms with Gasteiger partial charge in [-0.2, -0.15) is 13.2 Å². The molecule has 5 heterocycles. The number of halogens is 4. The number of benzene rings is 1. The summed E-state index contributed by atoms with van der Waals surface area (Å²) in [5.74, 6) is -1.35. The first-order valence-corrected chi connectivity index (χ1v) is 17.1. The minimum atomic E-state index is -4.63. The number of aromatic hydroxyl groups is 1. The Morgan fingerprint density at radius 2 is 1.85 bits per heavy atom. The van der Waals surface area contributed by atoms with Crippen molar-refractivity contribution < 1.29 is 32.7 Å². The molecule has 52 heavy (non-hydrogen) atoms. The molecule has 3 fully saturated rings. The van der Waals surface area contributed by atoms with Gasteiger partial charge < -0.3 is 24.8 Å². The lowest BCUT2D eigenvalue weighted by atomic mass is 9.81. The number of carbonyl (C=O) groups excluding carboxylic acids is 3. The molecule has 1 aromatic carbocycles. The normalized spacial score (nSPS) is 18.8. The Morgan fingerprint density at radius 1 is 1.08 bits per heavy atom. The van der Waals surface area contributed by atoms with Crippen molar-refractivity contribution in [3.63, 3.8) is 0 Å². The van der Waals surface area contributed by atoms with Crippen LogP contribution in [0, 0.1) is 6.92 Å². The van der Waals surface area contributed by atoms with E-state index in [0.29, 0.717) is 37.9 Å². The number of aromatic nitrogens is 5. The van der Waals surface area contributed by atoms with Crippen molar-refractivity contribution in [3.05, 3.63) is 68.6 Å². The highest BCUT2D eigenvalue weighted by molar-refractivity contribution is 6.33. The molecule has 0 bridgehead atoms. The van der Waals surface area contributed by atoms with Crippen LogP contribution < -0.4 is 20.5 Å². The minimum absolute atomic E-state index is 0.0350. The van der Waals surface area contributed by atoms with Crippen LogP contribution >= 0.6 is 11.6 Å². The highest BCUT2D eigenvalue weighted by Crippen LogP contribution is 2.39. The summed E-state index contributed by atoms with van der Waals surface area (Å²) in [6, 6.07) is 2.00. The number of hydrogen-bond acceptors (Lipinski definition) is 10. The van der Waals surface area contributed by atoms with Gasteiger partial charge in [0.05, 0.1) is 34.2 Å². The number of fused-ring (bicyclic) bond motifs is 2. The van der Waals surface area contributed by atoms with Crippen LogP contribution in [-0.4, -0.2) is 83.9 Å². The average Bonchev–Trinajstić information content (AvgIpc) is 3.52. The number of piperazine rings is 1. The van der Waals surface area contributed by atoms with Crippen LogP contribution in [-0.2, 0) is 28.7 Å². The third-order valence-corrected chi connectivity index (χ3v) is 10.2. The third kappa shape index (κ3) is 6.05. The molecule has 2 saturated heterocycles. The number of alkyl halides is 3. The van der Waals surface area contributed by atoms with Gasteiger partial charge in [-0.25, -0.2) is 19.9 Å². The van der Waals surface area contributed by atoms with E-state index in [4.69, 9.17) is 11.6 Å². The van der Waals surface area contributed by atoms with E-state index in [1.165, 1.54) is 17.4 Å². The lowest BCUT2D eigenvalue weighted by Crippen LogP contribution is -2.67. The zero-order valence-corrected chi connectivity index (χ0v) is 28.8. The highest BCUT2D eigenvalue weighted by atomic mass is 35.5. The SMILES string of the molecule is CCc1c(N2CCN(C(=O)c3ncnc(C)c3O)[C@H]3CC[C@@H]32)c(=O)c2nc(N3CCCC3=O)cnc2n1CC(=O)Nc1ccc(C(F)(F)F)cc1Cl. The van der Waals surface area contributed by atoms with Gasteiger partial charge >= 0.3 is 6.18 Å². The van der Waals surface area contributed by atoms with Gasteiger partial charge in [0.2, 0.25) is 17.2 Å². The molecule has 2 N–H and O–H groups in total. The standard InChI is InChI=1S/C34H33ClF3N9O5/c1-3-21-29(44-11-12-45(23-9-8-22(23)44)33(52)28-30(50)17(2)40-16-41-28)31(51)27-32(39-14-24(43-27)46-10-4-5-26(46)49)47(21)15-25(48)42-20-7-6-18(13-19(20)35)34(36,37)38/h6-7,13-14,16,22-23,50H,3-5,8-12,15H2,1-2H3,(H,42,48)/t22-,23-/m0/s1. The van der Waals surface area contributed by atoms with Crippen molar-refractivity contribution in [3.8, 4) is 5.75 Å². The fraction of sp³-hybridized carbons (Fsp3) is 0.412. The third-order valence-electron chi connectivity index (χ3n) is 9.92. The molecular weight excluding hydrogens is 707 g/mol. The topological polar surface area (TPSA) is 167 Å². The maximum atomic E-state index is 14.5. The van der Waals surface area contributed by atoms with Crippen LogP contribution in [0.5, 0.6) is 5.75 Å². The van der Waals surface area contributed by atoms with Crippen molar-refractivity contribution in [1.29, 1.82) is 0 Å². The van der Waals surface area contributed by atoms with E-state index < -0.39 is 35.5 Å². The van der Waals surface area contributed by atoms with E-state index in [9.17, 15) is 37.5 Å². The molecule has 0 radical (unpaired) electrons. The highest BCUT2D eigenvalue weighted by Gasteiger charge is 2.47. The molecule has 4 aromatic rings. The van der Waals surface area contributed by atoms with Gasteiger partial charge in [0.25, 0.3) is 5.91 Å². The summed E-state index contributed by atoms with van der Waals surface area (Å²) in [6.45, 7) is 3.82. The Hall–Kier alpha value is -5.32. The fourth-order valence-corrected chi connectivity index (χ4v) is 7.45. The number of hydrogen-bond donors (Lipinski definition) is 2. The van der Waals surface area contributed by atoms with Gasteiger partial charge in [-0.1, -0.05) is 18.5 Å². The van der Waals surface area contributed by atoms with Crippen molar-refractivity contribution >= 4 is 57.7 Å². The van der Waals surface area contributed by atoms with E-state index in [-0.39, 0.29) is 88.0 Å². The van der Waals surface area contributed by atoms with Gasteiger partial charge in [-0.15, -0.1) is 0 Å². The molecule has 0 spiro atoms. The Labute approximate surface area is 299 Å². The Balaban J connectivity index is 1.28. The molecule has 2 aliphatic heterocycles. The van der Waals surface area contributed by atoms with Crippen molar-refractivity contribution in [2.45, 2.75) is 70.8 Å². The molecule has 1 saturated carbocycles. The number of anilines is 3. The van der Waals surface area contributed by atoms with Crippen molar-refractivity contribution in [2.24, 2.45) is 0 Å². The lowest BCUT2D eigenvalue weighted by molar-refractivity contribution is -0.137. The quantitative estimate of drug-likeness (QED) is 0.282. The molecule has 14 nitrogen and oxygen atoms in total. The second kappa shape index (κ2) is 13.3. The lowest BCUT2D eigenvalue weighted by Gasteiger charge is -2.54. The van der Waals surface area contributed by atoms with Crippen LogP contribution in [0.15, 0.2) is 35.5 Å². The first kappa shape index (κ1) is 35.1. The zero-order valence-electron chi connectivity index (χ0n) is 28.1. The first-order valence-electron chi connectivity index (χ1n) is 16.8. The van der Waals surface area contributed by atoms with E-state index >= 15 is 0 Å². The Bertz CT molecular complexity index is 2200. The zero-order chi connectivity index (χ0) is 37.1. The van der Waals surface area contributed by atoms with E-state index in [2.05, 4.69) is 25.3 Å². The monoisotopic (exact) mass is 739 g/mol. The number of aryl methyl sites for hydroxylation is 1. The van der Waals surface area contributed by atoms with Crippen LogP contribution in [0.1, 0.15) is 60.0 Å². The average molecular weight is 740 g/mol. The van der Waals surface area contributed by atoms with E-state index in [0.717, 1.165) is 18.2 Å². The van der Waals surface area contributed by atoms with Gasteiger partial charge in [0.15, 0.2) is 28.4 Å². The summed E-state index contributed by atoms with van der Waals surface area (Å²) in [4.78, 5) is 76.5. The van der Waals surface area contributed by atoms with Crippen LogP contribution in [0.3, 0.4) is 0 Å². The molecule has 0 unspecified atom stereocenters. The maximum Gasteiger partial charge on any atom is 0.416 e. The number of pyridine rings is 1. The summed E-state index contributed by atoms with van der Waals surface area (Å²) in [7, 11) is 0. The summed E-state index contributed by atoms with van der Waals surface area (Å²) in [5, 5.41) is 12.8. The van der Waals surface area contributed by atoms with Gasteiger partial charge in [0.1, 0.15) is 18.6 Å². The van der Waals surface area contributed by atoms with Crippen LogP contribution in [0.2, 0.25) is 5.02 Å². The van der Waals surface area contributed by atoms with Crippen molar-refractivity contribution in [2.75, 3.05) is 34.8 Å². The first-order chi connectivity index (χ1) is 24.8. The van der Waals surface area contributed by atoms with Gasteiger partial charge in [0, 0.05) is 37.8 Å². The molecular formula is C34H33ClF3N9O5. The maximum absolute atomic E-state index is 14.5. The summed E-state index contributed by atoms with van der Waals surface area (Å²) >= 11 is 6.13. The molecule has 3 aliphatic rings. The molecule has 2 atom stereocenters. The number of nitrogens with one attached hydrogen (secondary N) is 1. The molecule has 3 amide bonds. The summed E-state index contributed by atoms with van der Waals surface area (Å²) in [5.41, 5.74) is -0.542. The van der Waals surface area contributed by atoms with Crippen LogP contribution in [0.4, 0.5) is 30.4 Å². The molecule has 7 rings (SSSR count). The predicted molar refractivity (Wildman–Crippen MR) is 183 cm³/mol. The smallest absolute Gasteiger partial charge is 0.416 e. The number of amides is 3. The summed E-state index contributed by atoms with van der Waals surface area (Å²) in [6.07, 6.45) is 0.468. The largest absolute Gasteiger partial charge is 0.504 e. The van der Waals surface area contributed by atoms with Crippen molar-refractivity contribution in [1.82, 2.24) is 29.4 Å². The number of rotatable bonds is 7. The molecule has 272 valence electrons. The van der Waals surface area contributed by atoms with E-state index in [1.54, 1.807) is 16.4 Å². The summed E-state index contributed by atoms with van der Waals surface area (Å²) < 4.78 is 41.2. The number of nitrogens with zero attached hydrogens (tertiary/aromatic N) is 8. The second-order valence-electron chi connectivity index (χ2n) is 12.9. The Morgan fingerprint density at radius 3 is 2.50 bits per heavy atom. The molecule has 18 heteroatoms.